The number of halogens is 4. The molecule has 1 aliphatic rings. The summed E-state index contributed by atoms with van der Waals surface area (Å²) in [6, 6.07) is 3.72. The Balaban J connectivity index is 2.09. The quantitative estimate of drug-likeness (QED) is 0.763. The Labute approximate surface area is 143 Å². The molecule has 0 aliphatic heterocycles. The number of hydrogen-bond acceptors (Lipinski definition) is 5. The fourth-order valence-electron chi connectivity index (χ4n) is 2.63. The summed E-state index contributed by atoms with van der Waals surface area (Å²) in [7, 11) is 0. The van der Waals surface area contributed by atoms with Crippen LogP contribution in [0, 0.1) is 22.6 Å². The number of Topliss-reactive ketones (excluding diaryl/α,β-unsaturated/α-hetero) is 1. The van der Waals surface area contributed by atoms with Crippen LogP contribution in [0.4, 0.5) is 17.6 Å². The third-order valence-corrected chi connectivity index (χ3v) is 5.47. The first-order valence-corrected chi connectivity index (χ1v) is 7.94. The maximum Gasteiger partial charge on any atom is 0.401 e. The van der Waals surface area contributed by atoms with Crippen LogP contribution in [0.2, 0.25) is 0 Å². The molecule has 0 unspecified atom stereocenters. The largest absolute Gasteiger partial charge is 0.504 e. The zero-order valence-corrected chi connectivity index (χ0v) is 13.6. The van der Waals surface area contributed by atoms with Crippen molar-refractivity contribution in [2.45, 2.75) is 25.9 Å². The molecule has 130 valence electrons. The number of nitrogens with zero attached hydrogens (tertiary/aromatic N) is 2. The van der Waals surface area contributed by atoms with Crippen LogP contribution in [0.15, 0.2) is 12.1 Å². The summed E-state index contributed by atoms with van der Waals surface area (Å²) in [4.78, 5) is 16.4. The molecular weight excluding hydrogens is 360 g/mol. The van der Waals surface area contributed by atoms with Crippen molar-refractivity contribution in [1.29, 1.82) is 5.26 Å². The van der Waals surface area contributed by atoms with Gasteiger partial charge in [0.2, 0.25) is 0 Å². The van der Waals surface area contributed by atoms with Gasteiger partial charge < -0.3 is 5.11 Å². The fourth-order valence-corrected chi connectivity index (χ4v) is 3.80. The first kappa shape index (κ1) is 17.4. The minimum Gasteiger partial charge on any atom is -0.504 e. The monoisotopic (exact) mass is 370 g/mol. The van der Waals surface area contributed by atoms with Crippen molar-refractivity contribution < 1.29 is 27.5 Å². The SMILES string of the molecule is C[C@@]1(C(F)(F)F)CCc2nc(-c3cc(F)c(O)c(C#N)c3)sc2C1=O. The van der Waals surface area contributed by atoms with E-state index in [0.717, 1.165) is 24.3 Å². The van der Waals surface area contributed by atoms with Crippen LogP contribution in [0.1, 0.15) is 34.3 Å². The molecule has 1 aliphatic carbocycles. The highest BCUT2D eigenvalue weighted by Gasteiger charge is 2.58. The van der Waals surface area contributed by atoms with Crippen molar-refractivity contribution in [1.82, 2.24) is 4.98 Å². The number of rotatable bonds is 1. The molecule has 9 heteroatoms. The van der Waals surface area contributed by atoms with E-state index in [2.05, 4.69) is 4.98 Å². The second kappa shape index (κ2) is 5.52. The number of carbonyl (C=O) groups excluding carboxylic acids is 1. The molecule has 0 saturated heterocycles. The number of aromatic nitrogens is 1. The van der Waals surface area contributed by atoms with Crippen molar-refractivity contribution in [2.24, 2.45) is 5.41 Å². The number of benzene rings is 1. The molecule has 1 aromatic heterocycles. The Morgan fingerprint density at radius 1 is 1.40 bits per heavy atom. The highest BCUT2D eigenvalue weighted by atomic mass is 32.1. The number of thiazole rings is 1. The molecule has 1 N–H and O–H groups in total. The topological polar surface area (TPSA) is 74.0 Å². The van der Waals surface area contributed by atoms with Gasteiger partial charge in [-0.2, -0.15) is 18.4 Å². The van der Waals surface area contributed by atoms with Crippen LogP contribution >= 0.6 is 11.3 Å². The molecule has 0 saturated carbocycles. The Bertz CT molecular complexity index is 929. The van der Waals surface area contributed by atoms with Gasteiger partial charge >= 0.3 is 6.18 Å². The normalized spacial score (nSPS) is 20.2. The van der Waals surface area contributed by atoms with E-state index in [0.29, 0.717) is 0 Å². The zero-order valence-electron chi connectivity index (χ0n) is 12.7. The number of aryl methyl sites for hydroxylation is 1. The third kappa shape index (κ3) is 2.57. The number of nitriles is 1. The molecule has 0 spiro atoms. The number of carbonyl (C=O) groups is 1. The van der Waals surface area contributed by atoms with Crippen molar-refractivity contribution in [2.75, 3.05) is 0 Å². The van der Waals surface area contributed by atoms with Crippen LogP contribution in [0.25, 0.3) is 10.6 Å². The van der Waals surface area contributed by atoms with E-state index in [1.807, 2.05) is 0 Å². The first-order valence-electron chi connectivity index (χ1n) is 7.12. The number of fused-ring (bicyclic) bond motifs is 1. The zero-order chi connectivity index (χ0) is 18.6. The number of alkyl halides is 3. The van der Waals surface area contributed by atoms with Gasteiger partial charge in [0.1, 0.15) is 16.5 Å². The summed E-state index contributed by atoms with van der Waals surface area (Å²) in [5, 5.41) is 18.5. The van der Waals surface area contributed by atoms with Gasteiger partial charge in [0.15, 0.2) is 17.3 Å². The van der Waals surface area contributed by atoms with Crippen molar-refractivity contribution in [3.05, 3.63) is 34.1 Å². The molecule has 4 nitrogen and oxygen atoms in total. The molecule has 1 heterocycles. The average molecular weight is 370 g/mol. The Hall–Kier alpha value is -2.47. The van der Waals surface area contributed by atoms with E-state index in [9.17, 15) is 27.5 Å². The molecule has 0 amide bonds. The van der Waals surface area contributed by atoms with Gasteiger partial charge in [-0.25, -0.2) is 9.37 Å². The maximum absolute atomic E-state index is 13.7. The lowest BCUT2D eigenvalue weighted by atomic mass is 9.75. The second-order valence-electron chi connectivity index (χ2n) is 5.92. The number of hydrogen-bond donors (Lipinski definition) is 1. The van der Waals surface area contributed by atoms with E-state index in [1.165, 1.54) is 6.07 Å². The van der Waals surface area contributed by atoms with Gasteiger partial charge in [0.05, 0.1) is 16.1 Å². The molecule has 2 aromatic rings. The van der Waals surface area contributed by atoms with Crippen LogP contribution in [0.3, 0.4) is 0 Å². The predicted octanol–water partition coefficient (Wildman–Crippen LogP) is 4.22. The summed E-state index contributed by atoms with van der Waals surface area (Å²) in [6.45, 7) is 0.867. The van der Waals surface area contributed by atoms with Gasteiger partial charge in [-0.05, 0) is 31.9 Å². The van der Waals surface area contributed by atoms with Crippen LogP contribution in [-0.2, 0) is 6.42 Å². The van der Waals surface area contributed by atoms with Gasteiger partial charge in [0, 0.05) is 5.56 Å². The number of phenolic OH excluding ortho intramolecular Hbond substituents is 1. The number of phenols is 1. The van der Waals surface area contributed by atoms with E-state index in [-0.39, 0.29) is 33.1 Å². The van der Waals surface area contributed by atoms with Gasteiger partial charge in [-0.15, -0.1) is 11.3 Å². The molecule has 0 radical (unpaired) electrons. The third-order valence-electron chi connectivity index (χ3n) is 4.32. The number of aromatic hydroxyl groups is 1. The Morgan fingerprint density at radius 3 is 2.68 bits per heavy atom. The molecule has 1 aromatic carbocycles. The van der Waals surface area contributed by atoms with E-state index in [1.54, 1.807) is 6.07 Å². The first-order chi connectivity index (χ1) is 11.6. The summed E-state index contributed by atoms with van der Waals surface area (Å²) < 4.78 is 53.4. The van der Waals surface area contributed by atoms with E-state index in [4.69, 9.17) is 5.26 Å². The molecule has 0 fully saturated rings. The second-order valence-corrected chi connectivity index (χ2v) is 6.92. The van der Waals surface area contributed by atoms with Crippen molar-refractivity contribution >= 4 is 17.1 Å². The Morgan fingerprint density at radius 2 is 2.08 bits per heavy atom. The summed E-state index contributed by atoms with van der Waals surface area (Å²) >= 11 is 0.730. The predicted molar refractivity (Wildman–Crippen MR) is 80.7 cm³/mol. The number of ketones is 1. The van der Waals surface area contributed by atoms with Crippen LogP contribution in [0.5, 0.6) is 5.75 Å². The van der Waals surface area contributed by atoms with Crippen molar-refractivity contribution in [3.63, 3.8) is 0 Å². The molecule has 1 atom stereocenters. The summed E-state index contributed by atoms with van der Waals surface area (Å²) in [6.07, 6.45) is -5.11. The molecule has 3 rings (SSSR count). The summed E-state index contributed by atoms with van der Waals surface area (Å²) in [5.41, 5.74) is -2.44. The average Bonchev–Trinajstić information content (AvgIpc) is 2.97. The fraction of sp³-hybridized carbons (Fsp3) is 0.312. The summed E-state index contributed by atoms with van der Waals surface area (Å²) in [5.74, 6) is -2.91. The maximum atomic E-state index is 13.7. The van der Waals surface area contributed by atoms with Crippen LogP contribution in [-0.4, -0.2) is 22.1 Å². The smallest absolute Gasteiger partial charge is 0.401 e. The van der Waals surface area contributed by atoms with E-state index >= 15 is 0 Å². The Kier molecular flexibility index (Phi) is 3.84. The minimum atomic E-state index is -4.68. The van der Waals surface area contributed by atoms with Crippen LogP contribution < -0.4 is 0 Å². The lowest BCUT2D eigenvalue weighted by Crippen LogP contribution is -2.45. The minimum absolute atomic E-state index is 0.0285. The standard InChI is InChI=1S/C16H10F4N2O2S/c1-15(16(18,19)20)3-2-10-12(13(15)24)25-14(22-10)7-4-8(6-21)11(23)9(17)5-7/h4-5,23H,2-3H2,1H3/t15-/m1/s1. The molecule has 0 bridgehead atoms. The van der Waals surface area contributed by atoms with Gasteiger partial charge in [0.25, 0.3) is 0 Å². The van der Waals surface area contributed by atoms with Gasteiger partial charge in [-0.3, -0.25) is 4.79 Å². The highest BCUT2D eigenvalue weighted by molar-refractivity contribution is 7.17. The van der Waals surface area contributed by atoms with Crippen molar-refractivity contribution in [3.8, 4) is 22.4 Å². The lowest BCUT2D eigenvalue weighted by molar-refractivity contribution is -0.200. The highest BCUT2D eigenvalue weighted by Crippen LogP contribution is 2.49. The van der Waals surface area contributed by atoms with E-state index < -0.39 is 35.4 Å². The molecule has 25 heavy (non-hydrogen) atoms. The van der Waals surface area contributed by atoms with Gasteiger partial charge in [-0.1, -0.05) is 0 Å². The molecular formula is C16H10F4N2O2S. The lowest BCUT2D eigenvalue weighted by Gasteiger charge is -2.32.